The zero-order chi connectivity index (χ0) is 12.5. The first-order valence-corrected chi connectivity index (χ1v) is 7.44. The van der Waals surface area contributed by atoms with Gasteiger partial charge in [0.25, 0.3) is 0 Å². The molecule has 4 aliphatic carbocycles. The summed E-state index contributed by atoms with van der Waals surface area (Å²) >= 11 is 0. The molecule has 0 aliphatic heterocycles. The van der Waals surface area contributed by atoms with Crippen molar-refractivity contribution in [2.24, 2.45) is 29.6 Å². The van der Waals surface area contributed by atoms with Crippen molar-refractivity contribution >= 4 is 0 Å². The van der Waals surface area contributed by atoms with Gasteiger partial charge in [-0.15, -0.1) is 6.58 Å². The van der Waals surface area contributed by atoms with Crippen LogP contribution in [0.1, 0.15) is 32.6 Å². The second-order valence-corrected chi connectivity index (χ2v) is 6.23. The molecule has 0 radical (unpaired) electrons. The lowest BCUT2D eigenvalue weighted by Gasteiger charge is -2.11. The van der Waals surface area contributed by atoms with E-state index in [1.807, 2.05) is 0 Å². The molecule has 5 atom stereocenters. The van der Waals surface area contributed by atoms with Crippen molar-refractivity contribution in [3.63, 3.8) is 0 Å². The van der Waals surface area contributed by atoms with Gasteiger partial charge in [-0.3, -0.25) is 0 Å². The highest BCUT2D eigenvalue weighted by atomic mass is 14.4. The molecular weight excluding hydrogens is 216 g/mol. The Morgan fingerprint density at radius 3 is 2.22 bits per heavy atom. The highest BCUT2D eigenvalue weighted by Gasteiger charge is 2.33. The van der Waals surface area contributed by atoms with Crippen molar-refractivity contribution in [2.75, 3.05) is 0 Å². The monoisotopic (exact) mass is 240 g/mol. The molecule has 0 aromatic carbocycles. The Labute approximate surface area is 111 Å². The van der Waals surface area contributed by atoms with Crippen LogP contribution in [-0.4, -0.2) is 0 Å². The third kappa shape index (κ3) is 2.13. The lowest BCUT2D eigenvalue weighted by atomic mass is 9.94. The van der Waals surface area contributed by atoms with E-state index in [1.54, 1.807) is 5.57 Å². The van der Waals surface area contributed by atoms with Crippen molar-refractivity contribution in [3.05, 3.63) is 48.6 Å². The Bertz CT molecular complexity index is 410. The zero-order valence-electron chi connectivity index (χ0n) is 11.4. The number of rotatable bonds is 1. The molecule has 18 heavy (non-hydrogen) atoms. The van der Waals surface area contributed by atoms with Crippen LogP contribution in [0.2, 0.25) is 0 Å². The van der Waals surface area contributed by atoms with Crippen LogP contribution in [0, 0.1) is 29.6 Å². The average Bonchev–Trinajstić information content (AvgIpc) is 3.17. The molecule has 2 fully saturated rings. The van der Waals surface area contributed by atoms with Gasteiger partial charge in [0, 0.05) is 0 Å². The fraction of sp³-hybridized carbons (Fsp3) is 0.556. The summed E-state index contributed by atoms with van der Waals surface area (Å²) in [6.07, 6.45) is 19.4. The minimum Gasteiger partial charge on any atom is -0.103 e. The number of fused-ring (bicyclic) bond motifs is 4. The minimum atomic E-state index is 0.806. The van der Waals surface area contributed by atoms with E-state index < -0.39 is 0 Å². The van der Waals surface area contributed by atoms with Gasteiger partial charge in [0.2, 0.25) is 0 Å². The van der Waals surface area contributed by atoms with E-state index in [0.29, 0.717) is 0 Å². The second-order valence-electron chi connectivity index (χ2n) is 6.23. The van der Waals surface area contributed by atoms with Gasteiger partial charge in [0.1, 0.15) is 0 Å². The second kappa shape index (κ2) is 4.91. The van der Waals surface area contributed by atoms with E-state index in [0.717, 1.165) is 29.6 Å². The standard InChI is InChI=1S/2C9H12/c2*1-2-8-5-7-3-4-9(8)6-7/h2-4,7,9H,5-6H2,1H3;2-4,7-9H,1,5-6H2/b8-2-;. The smallest absolute Gasteiger partial charge is 0.00174 e. The fourth-order valence-corrected chi connectivity index (χ4v) is 4.08. The third-order valence-corrected chi connectivity index (χ3v) is 5.15. The topological polar surface area (TPSA) is 0 Å². The Balaban J connectivity index is 0.000000111. The summed E-state index contributed by atoms with van der Waals surface area (Å²) in [5.41, 5.74) is 1.67. The van der Waals surface area contributed by atoms with Gasteiger partial charge in [-0.25, -0.2) is 0 Å². The van der Waals surface area contributed by atoms with E-state index in [9.17, 15) is 0 Å². The summed E-state index contributed by atoms with van der Waals surface area (Å²) in [6.45, 7) is 5.98. The molecule has 0 amide bonds. The number of allylic oxidation sites excluding steroid dienone is 7. The summed E-state index contributed by atoms with van der Waals surface area (Å²) < 4.78 is 0. The number of hydrogen-bond donors (Lipinski definition) is 0. The fourth-order valence-electron chi connectivity index (χ4n) is 4.08. The maximum atomic E-state index is 3.83. The van der Waals surface area contributed by atoms with E-state index in [4.69, 9.17) is 0 Å². The lowest BCUT2D eigenvalue weighted by molar-refractivity contribution is 0.551. The van der Waals surface area contributed by atoms with Crippen molar-refractivity contribution in [2.45, 2.75) is 32.6 Å². The Kier molecular flexibility index (Phi) is 3.28. The zero-order valence-corrected chi connectivity index (χ0v) is 11.4. The molecule has 2 saturated carbocycles. The molecule has 4 bridgehead atoms. The first kappa shape index (κ1) is 12.0. The molecule has 0 saturated heterocycles. The van der Waals surface area contributed by atoms with Gasteiger partial charge in [-0.1, -0.05) is 42.0 Å². The molecule has 0 spiro atoms. The molecule has 0 nitrogen and oxygen atoms in total. The van der Waals surface area contributed by atoms with Crippen molar-refractivity contribution < 1.29 is 0 Å². The molecule has 96 valence electrons. The summed E-state index contributed by atoms with van der Waals surface area (Å²) in [4.78, 5) is 0. The average molecular weight is 240 g/mol. The van der Waals surface area contributed by atoms with Crippen LogP contribution in [0.5, 0.6) is 0 Å². The van der Waals surface area contributed by atoms with Crippen LogP contribution < -0.4 is 0 Å². The van der Waals surface area contributed by atoms with E-state index >= 15 is 0 Å². The highest BCUT2D eigenvalue weighted by Crippen LogP contribution is 2.43. The molecular formula is C18H24. The van der Waals surface area contributed by atoms with Crippen molar-refractivity contribution in [1.82, 2.24) is 0 Å². The van der Waals surface area contributed by atoms with E-state index in [2.05, 4.69) is 50.0 Å². The molecule has 0 heteroatoms. The Hall–Kier alpha value is -1.04. The summed E-state index contributed by atoms with van der Waals surface area (Å²) in [5.74, 6) is 4.30. The van der Waals surface area contributed by atoms with Gasteiger partial charge in [-0.2, -0.15) is 0 Å². The molecule has 0 aromatic rings. The normalized spacial score (nSPS) is 44.5. The van der Waals surface area contributed by atoms with Gasteiger partial charge >= 0.3 is 0 Å². The van der Waals surface area contributed by atoms with Crippen LogP contribution >= 0.6 is 0 Å². The molecule has 5 unspecified atom stereocenters. The number of hydrogen-bond acceptors (Lipinski definition) is 0. The molecule has 0 aromatic heterocycles. The van der Waals surface area contributed by atoms with Gasteiger partial charge in [0.05, 0.1) is 0 Å². The van der Waals surface area contributed by atoms with Gasteiger partial charge in [-0.05, 0) is 62.2 Å². The quantitative estimate of drug-likeness (QED) is 0.571. The predicted molar refractivity (Wildman–Crippen MR) is 78.2 cm³/mol. The largest absolute Gasteiger partial charge is 0.103 e. The van der Waals surface area contributed by atoms with Crippen LogP contribution in [0.3, 0.4) is 0 Å². The first-order valence-electron chi connectivity index (χ1n) is 7.44. The molecule has 4 aliphatic rings. The van der Waals surface area contributed by atoms with Gasteiger partial charge < -0.3 is 0 Å². The van der Waals surface area contributed by atoms with E-state index in [-0.39, 0.29) is 0 Å². The Morgan fingerprint density at radius 2 is 1.89 bits per heavy atom. The van der Waals surface area contributed by atoms with Crippen LogP contribution in [-0.2, 0) is 0 Å². The maximum Gasteiger partial charge on any atom is -0.00174 e. The minimum absolute atomic E-state index is 0.806. The van der Waals surface area contributed by atoms with E-state index in [1.165, 1.54) is 25.7 Å². The lowest BCUT2D eigenvalue weighted by Crippen LogP contribution is -2.01. The van der Waals surface area contributed by atoms with Crippen LogP contribution in [0.15, 0.2) is 48.6 Å². The SMILES string of the molecule is C/C=C1/CC2C=CC1C2.C=CC1CC2C=CC1C2. The van der Waals surface area contributed by atoms with Gasteiger partial charge in [0.15, 0.2) is 0 Å². The Morgan fingerprint density at radius 1 is 1.06 bits per heavy atom. The first-order chi connectivity index (χ1) is 8.80. The molecule has 0 N–H and O–H groups in total. The van der Waals surface area contributed by atoms with Crippen molar-refractivity contribution in [1.29, 1.82) is 0 Å². The maximum absolute atomic E-state index is 3.83. The van der Waals surface area contributed by atoms with Crippen molar-refractivity contribution in [3.8, 4) is 0 Å². The molecule has 4 rings (SSSR count). The summed E-state index contributed by atoms with van der Waals surface area (Å²) in [5, 5.41) is 0. The van der Waals surface area contributed by atoms with Crippen LogP contribution in [0.4, 0.5) is 0 Å². The highest BCUT2D eigenvalue weighted by molar-refractivity contribution is 5.26. The molecule has 0 heterocycles. The summed E-state index contributed by atoms with van der Waals surface area (Å²) in [7, 11) is 0. The summed E-state index contributed by atoms with van der Waals surface area (Å²) in [6, 6.07) is 0. The third-order valence-electron chi connectivity index (χ3n) is 5.15. The van der Waals surface area contributed by atoms with Crippen LogP contribution in [0.25, 0.3) is 0 Å². The predicted octanol–water partition coefficient (Wildman–Crippen LogP) is 4.91.